The first kappa shape index (κ1) is 9.47. The standard InChI is InChI=1S/C11H21NO/c1-3-11(5-6-11)9-12-7-4-10(8-12)13-2/h10H,3-9H2,1-2H3. The minimum Gasteiger partial charge on any atom is -0.380 e. The van der Waals surface area contributed by atoms with E-state index in [1.807, 2.05) is 7.11 Å². The maximum Gasteiger partial charge on any atom is 0.0710 e. The lowest BCUT2D eigenvalue weighted by Gasteiger charge is -2.21. The SMILES string of the molecule is CCC1(CN2CCC(OC)C2)CC1. The largest absolute Gasteiger partial charge is 0.380 e. The van der Waals surface area contributed by atoms with Crippen LogP contribution < -0.4 is 0 Å². The highest BCUT2D eigenvalue weighted by molar-refractivity contribution is 4.95. The van der Waals surface area contributed by atoms with Gasteiger partial charge in [0.15, 0.2) is 0 Å². The van der Waals surface area contributed by atoms with Crippen LogP contribution in [0, 0.1) is 5.41 Å². The predicted octanol–water partition coefficient (Wildman–Crippen LogP) is 1.90. The summed E-state index contributed by atoms with van der Waals surface area (Å²) in [5, 5.41) is 0. The van der Waals surface area contributed by atoms with Gasteiger partial charge in [0, 0.05) is 26.7 Å². The van der Waals surface area contributed by atoms with Gasteiger partial charge in [-0.2, -0.15) is 0 Å². The molecule has 2 rings (SSSR count). The van der Waals surface area contributed by atoms with Crippen LogP contribution in [-0.4, -0.2) is 37.7 Å². The maximum absolute atomic E-state index is 5.37. The van der Waals surface area contributed by atoms with Crippen LogP contribution in [0.25, 0.3) is 0 Å². The monoisotopic (exact) mass is 183 g/mol. The molecule has 1 unspecified atom stereocenters. The zero-order valence-corrected chi connectivity index (χ0v) is 8.88. The number of likely N-dealkylation sites (tertiary alicyclic amines) is 1. The molecule has 0 aromatic rings. The molecular weight excluding hydrogens is 162 g/mol. The molecular formula is C11H21NO. The molecule has 2 heteroatoms. The van der Waals surface area contributed by atoms with Crippen LogP contribution >= 0.6 is 0 Å². The van der Waals surface area contributed by atoms with E-state index in [0.717, 1.165) is 6.54 Å². The Bertz CT molecular complexity index is 177. The molecule has 0 spiro atoms. The summed E-state index contributed by atoms with van der Waals surface area (Å²) in [7, 11) is 1.83. The highest BCUT2D eigenvalue weighted by Gasteiger charge is 2.42. The predicted molar refractivity (Wildman–Crippen MR) is 53.8 cm³/mol. The van der Waals surface area contributed by atoms with E-state index in [9.17, 15) is 0 Å². The second kappa shape index (κ2) is 3.58. The van der Waals surface area contributed by atoms with Crippen LogP contribution in [0.5, 0.6) is 0 Å². The maximum atomic E-state index is 5.37. The zero-order chi connectivity index (χ0) is 9.31. The first-order chi connectivity index (χ1) is 6.28. The van der Waals surface area contributed by atoms with E-state index in [1.165, 1.54) is 38.8 Å². The minimum atomic E-state index is 0.507. The second-order valence-corrected chi connectivity index (χ2v) is 4.74. The summed E-state index contributed by atoms with van der Waals surface area (Å²) >= 11 is 0. The lowest BCUT2D eigenvalue weighted by Crippen LogP contribution is -2.29. The molecule has 2 aliphatic rings. The molecule has 0 bridgehead atoms. The molecule has 0 amide bonds. The Labute approximate surface area is 81.3 Å². The Balaban J connectivity index is 1.77. The molecule has 1 aliphatic heterocycles. The summed E-state index contributed by atoms with van der Waals surface area (Å²) in [6, 6.07) is 0. The van der Waals surface area contributed by atoms with Crippen molar-refractivity contribution >= 4 is 0 Å². The van der Waals surface area contributed by atoms with E-state index in [0.29, 0.717) is 11.5 Å². The van der Waals surface area contributed by atoms with E-state index in [-0.39, 0.29) is 0 Å². The smallest absolute Gasteiger partial charge is 0.0710 e. The topological polar surface area (TPSA) is 12.5 Å². The number of nitrogens with zero attached hydrogens (tertiary/aromatic N) is 1. The van der Waals surface area contributed by atoms with Gasteiger partial charge in [-0.1, -0.05) is 6.92 Å². The van der Waals surface area contributed by atoms with E-state index in [1.54, 1.807) is 0 Å². The van der Waals surface area contributed by atoms with E-state index < -0.39 is 0 Å². The van der Waals surface area contributed by atoms with Crippen molar-refractivity contribution in [3.63, 3.8) is 0 Å². The van der Waals surface area contributed by atoms with Crippen molar-refractivity contribution < 1.29 is 4.74 Å². The molecule has 1 aliphatic carbocycles. The first-order valence-electron chi connectivity index (χ1n) is 5.53. The summed E-state index contributed by atoms with van der Waals surface area (Å²) in [4.78, 5) is 2.59. The van der Waals surface area contributed by atoms with Crippen molar-refractivity contribution in [2.75, 3.05) is 26.7 Å². The quantitative estimate of drug-likeness (QED) is 0.660. The average Bonchev–Trinajstić information content (AvgIpc) is 2.77. The fourth-order valence-corrected chi connectivity index (χ4v) is 2.41. The Kier molecular flexibility index (Phi) is 2.61. The molecule has 1 atom stereocenters. The van der Waals surface area contributed by atoms with Gasteiger partial charge in [-0.3, -0.25) is 0 Å². The molecule has 0 aromatic heterocycles. The summed E-state index contributed by atoms with van der Waals surface area (Å²) in [5.74, 6) is 0. The van der Waals surface area contributed by atoms with Crippen LogP contribution in [-0.2, 0) is 4.74 Å². The Morgan fingerprint density at radius 3 is 2.69 bits per heavy atom. The third-order valence-corrected chi connectivity index (χ3v) is 3.83. The lowest BCUT2D eigenvalue weighted by atomic mass is 10.0. The normalized spacial score (nSPS) is 32.3. The lowest BCUT2D eigenvalue weighted by molar-refractivity contribution is 0.104. The van der Waals surface area contributed by atoms with E-state index >= 15 is 0 Å². The summed E-state index contributed by atoms with van der Waals surface area (Å²) in [5.41, 5.74) is 0.711. The molecule has 2 fully saturated rings. The molecule has 0 aromatic carbocycles. The van der Waals surface area contributed by atoms with Crippen LogP contribution in [0.2, 0.25) is 0 Å². The molecule has 76 valence electrons. The van der Waals surface area contributed by atoms with Crippen LogP contribution in [0.1, 0.15) is 32.6 Å². The molecule has 1 heterocycles. The summed E-state index contributed by atoms with van der Waals surface area (Å²) in [6.45, 7) is 6.07. The summed E-state index contributed by atoms with van der Waals surface area (Å²) < 4.78 is 5.37. The van der Waals surface area contributed by atoms with Gasteiger partial charge in [-0.15, -0.1) is 0 Å². The van der Waals surface area contributed by atoms with Gasteiger partial charge in [0.05, 0.1) is 6.10 Å². The van der Waals surface area contributed by atoms with Crippen molar-refractivity contribution in [1.29, 1.82) is 0 Å². The Morgan fingerprint density at radius 2 is 2.23 bits per heavy atom. The Morgan fingerprint density at radius 1 is 1.46 bits per heavy atom. The van der Waals surface area contributed by atoms with Crippen molar-refractivity contribution in [2.24, 2.45) is 5.41 Å². The number of hydrogen-bond donors (Lipinski definition) is 0. The van der Waals surface area contributed by atoms with Gasteiger partial charge < -0.3 is 9.64 Å². The zero-order valence-electron chi connectivity index (χ0n) is 8.88. The van der Waals surface area contributed by atoms with Gasteiger partial charge in [0.1, 0.15) is 0 Å². The third kappa shape index (κ3) is 2.05. The molecule has 1 saturated carbocycles. The fraction of sp³-hybridized carbons (Fsp3) is 1.00. The fourth-order valence-electron chi connectivity index (χ4n) is 2.41. The van der Waals surface area contributed by atoms with Gasteiger partial charge in [-0.25, -0.2) is 0 Å². The molecule has 0 radical (unpaired) electrons. The van der Waals surface area contributed by atoms with Crippen molar-refractivity contribution in [3.05, 3.63) is 0 Å². The van der Waals surface area contributed by atoms with Crippen molar-refractivity contribution in [2.45, 2.75) is 38.7 Å². The van der Waals surface area contributed by atoms with Crippen molar-refractivity contribution in [1.82, 2.24) is 4.90 Å². The van der Waals surface area contributed by atoms with Crippen LogP contribution in [0.4, 0.5) is 0 Å². The van der Waals surface area contributed by atoms with Gasteiger partial charge >= 0.3 is 0 Å². The number of methoxy groups -OCH3 is 1. The highest BCUT2D eigenvalue weighted by atomic mass is 16.5. The van der Waals surface area contributed by atoms with Crippen LogP contribution in [0.15, 0.2) is 0 Å². The van der Waals surface area contributed by atoms with Crippen molar-refractivity contribution in [3.8, 4) is 0 Å². The minimum absolute atomic E-state index is 0.507. The highest BCUT2D eigenvalue weighted by Crippen LogP contribution is 2.49. The van der Waals surface area contributed by atoms with Gasteiger partial charge in [0.25, 0.3) is 0 Å². The molecule has 2 nitrogen and oxygen atoms in total. The number of hydrogen-bond acceptors (Lipinski definition) is 2. The van der Waals surface area contributed by atoms with Gasteiger partial charge in [-0.05, 0) is 31.1 Å². The number of ether oxygens (including phenoxy) is 1. The first-order valence-corrected chi connectivity index (χ1v) is 5.53. The molecule has 13 heavy (non-hydrogen) atoms. The molecule has 0 N–H and O–H groups in total. The average molecular weight is 183 g/mol. The summed E-state index contributed by atoms with van der Waals surface area (Å²) in [6.07, 6.45) is 6.01. The molecule has 1 saturated heterocycles. The second-order valence-electron chi connectivity index (χ2n) is 4.74. The Hall–Kier alpha value is -0.0800. The van der Waals surface area contributed by atoms with E-state index in [4.69, 9.17) is 4.74 Å². The van der Waals surface area contributed by atoms with Crippen LogP contribution in [0.3, 0.4) is 0 Å². The van der Waals surface area contributed by atoms with Gasteiger partial charge in [0.2, 0.25) is 0 Å². The third-order valence-electron chi connectivity index (χ3n) is 3.83. The van der Waals surface area contributed by atoms with E-state index in [2.05, 4.69) is 11.8 Å². The number of rotatable bonds is 4.